The number of nitrogens with zero attached hydrogens (tertiary/aromatic N) is 3. The van der Waals surface area contributed by atoms with Crippen molar-refractivity contribution < 1.29 is 0 Å². The van der Waals surface area contributed by atoms with Crippen molar-refractivity contribution in [1.82, 2.24) is 9.55 Å². The van der Waals surface area contributed by atoms with Crippen LogP contribution in [0.1, 0.15) is 11.1 Å². The molecule has 4 aromatic rings. The van der Waals surface area contributed by atoms with Crippen molar-refractivity contribution in [1.29, 1.82) is 5.26 Å². The number of thiocarbonyl (C=S) groups is 1. The molecule has 1 heterocycles. The highest BCUT2D eigenvalue weighted by Crippen LogP contribution is 2.21. The van der Waals surface area contributed by atoms with Crippen LogP contribution >= 0.6 is 12.2 Å². The van der Waals surface area contributed by atoms with Crippen LogP contribution in [0.2, 0.25) is 0 Å². The van der Waals surface area contributed by atoms with Crippen molar-refractivity contribution in [3.05, 3.63) is 90.0 Å². The molecule has 1 aromatic heterocycles. The topological polar surface area (TPSA) is 65.7 Å². The zero-order valence-electron chi connectivity index (χ0n) is 15.7. The second-order valence-electron chi connectivity index (χ2n) is 6.58. The highest BCUT2D eigenvalue weighted by Gasteiger charge is 2.12. The van der Waals surface area contributed by atoms with Gasteiger partial charge in [0.25, 0.3) is 0 Å². The van der Waals surface area contributed by atoms with E-state index in [0.717, 1.165) is 29.7 Å². The Bertz CT molecular complexity index is 1170. The summed E-state index contributed by atoms with van der Waals surface area (Å²) in [7, 11) is 0. The van der Waals surface area contributed by atoms with E-state index in [1.807, 2.05) is 36.4 Å². The molecule has 0 saturated heterocycles. The Morgan fingerprint density at radius 3 is 2.41 bits per heavy atom. The van der Waals surface area contributed by atoms with Gasteiger partial charge in [-0.2, -0.15) is 5.26 Å². The Balaban J connectivity index is 1.54. The Morgan fingerprint density at radius 2 is 1.66 bits per heavy atom. The molecule has 0 aliphatic heterocycles. The van der Waals surface area contributed by atoms with Crippen LogP contribution in [0, 0.1) is 11.3 Å². The lowest BCUT2D eigenvalue weighted by molar-refractivity contribution is 0.725. The molecule has 0 spiro atoms. The second-order valence-corrected chi connectivity index (χ2v) is 6.99. The first kappa shape index (κ1) is 18.7. The molecular weight excluding hydrogens is 378 g/mol. The first-order chi connectivity index (χ1) is 14.2. The van der Waals surface area contributed by atoms with Gasteiger partial charge in [-0.1, -0.05) is 42.5 Å². The molecule has 3 aromatic carbocycles. The maximum atomic E-state index is 8.92. The number of rotatable bonds is 5. The van der Waals surface area contributed by atoms with Crippen molar-refractivity contribution in [2.75, 3.05) is 10.6 Å². The molecule has 0 atom stereocenters. The molecule has 0 amide bonds. The molecule has 0 radical (unpaired) electrons. The summed E-state index contributed by atoms with van der Waals surface area (Å²) < 4.78 is 2.15. The first-order valence-corrected chi connectivity index (χ1v) is 9.71. The molecule has 5 nitrogen and oxygen atoms in total. The largest absolute Gasteiger partial charge is 0.332 e. The van der Waals surface area contributed by atoms with E-state index >= 15 is 0 Å². The van der Waals surface area contributed by atoms with Crippen LogP contribution in [0.4, 0.5) is 11.6 Å². The third-order valence-corrected chi connectivity index (χ3v) is 4.82. The van der Waals surface area contributed by atoms with Gasteiger partial charge < -0.3 is 15.2 Å². The smallest absolute Gasteiger partial charge is 0.210 e. The molecule has 0 fully saturated rings. The van der Waals surface area contributed by atoms with Gasteiger partial charge in [0.15, 0.2) is 5.11 Å². The Hall–Kier alpha value is -3.69. The fraction of sp³-hybridized carbons (Fsp3) is 0.0870. The molecule has 0 bridgehead atoms. The van der Waals surface area contributed by atoms with E-state index in [1.165, 1.54) is 5.56 Å². The number of nitrogens with one attached hydrogen (secondary N) is 2. The Morgan fingerprint density at radius 1 is 0.931 bits per heavy atom. The number of aromatic nitrogens is 2. The Kier molecular flexibility index (Phi) is 5.50. The summed E-state index contributed by atoms with van der Waals surface area (Å²) in [5.74, 6) is 0.702. The van der Waals surface area contributed by atoms with Crippen molar-refractivity contribution in [2.45, 2.75) is 13.0 Å². The van der Waals surface area contributed by atoms with Crippen LogP contribution < -0.4 is 10.6 Å². The molecule has 29 heavy (non-hydrogen) atoms. The van der Waals surface area contributed by atoms with Gasteiger partial charge in [0, 0.05) is 12.2 Å². The minimum absolute atomic E-state index is 0.450. The number of nitriles is 1. The minimum Gasteiger partial charge on any atom is -0.332 e. The Labute approximate surface area is 174 Å². The van der Waals surface area contributed by atoms with E-state index in [-0.39, 0.29) is 0 Å². The van der Waals surface area contributed by atoms with E-state index in [2.05, 4.69) is 51.6 Å². The predicted octanol–water partition coefficient (Wildman–Crippen LogP) is 4.96. The van der Waals surface area contributed by atoms with Crippen LogP contribution in [-0.2, 0) is 13.0 Å². The van der Waals surface area contributed by atoms with E-state index in [9.17, 15) is 0 Å². The number of benzene rings is 3. The van der Waals surface area contributed by atoms with Crippen LogP contribution in [0.3, 0.4) is 0 Å². The molecular formula is C23H19N5S. The zero-order valence-corrected chi connectivity index (χ0v) is 16.5. The predicted molar refractivity (Wildman–Crippen MR) is 121 cm³/mol. The van der Waals surface area contributed by atoms with Crippen LogP contribution in [-0.4, -0.2) is 14.7 Å². The van der Waals surface area contributed by atoms with E-state index in [4.69, 9.17) is 22.5 Å². The van der Waals surface area contributed by atoms with E-state index < -0.39 is 0 Å². The number of anilines is 2. The number of hydrogen-bond donors (Lipinski definition) is 2. The fourth-order valence-corrected chi connectivity index (χ4v) is 3.38. The minimum atomic E-state index is 0.450. The van der Waals surface area contributed by atoms with Crippen molar-refractivity contribution in [2.24, 2.45) is 0 Å². The molecule has 2 N–H and O–H groups in total. The van der Waals surface area contributed by atoms with Crippen molar-refractivity contribution in [3.63, 3.8) is 0 Å². The number of hydrogen-bond acceptors (Lipinski definition) is 3. The van der Waals surface area contributed by atoms with Crippen LogP contribution in [0.5, 0.6) is 0 Å². The van der Waals surface area contributed by atoms with Gasteiger partial charge in [-0.25, -0.2) is 4.98 Å². The second kappa shape index (κ2) is 8.55. The average molecular weight is 398 g/mol. The highest BCUT2D eigenvalue weighted by atomic mass is 32.1. The van der Waals surface area contributed by atoms with Crippen molar-refractivity contribution >= 4 is 40.0 Å². The molecule has 0 aliphatic rings. The summed E-state index contributed by atoms with van der Waals surface area (Å²) in [6, 6.07) is 27.7. The number of aryl methyl sites for hydroxylation is 2. The number of imidazole rings is 1. The zero-order chi connectivity index (χ0) is 20.1. The summed E-state index contributed by atoms with van der Waals surface area (Å²) in [4.78, 5) is 4.72. The third-order valence-electron chi connectivity index (χ3n) is 4.62. The van der Waals surface area contributed by atoms with Gasteiger partial charge >= 0.3 is 0 Å². The highest BCUT2D eigenvalue weighted by molar-refractivity contribution is 7.80. The normalized spacial score (nSPS) is 10.4. The molecule has 6 heteroatoms. The van der Waals surface area contributed by atoms with Crippen LogP contribution in [0.25, 0.3) is 11.0 Å². The number of para-hydroxylation sites is 2. The third kappa shape index (κ3) is 4.42. The molecule has 0 aliphatic carbocycles. The quantitative estimate of drug-likeness (QED) is 0.466. The van der Waals surface area contributed by atoms with Gasteiger partial charge in [-0.15, -0.1) is 0 Å². The maximum Gasteiger partial charge on any atom is 0.210 e. The first-order valence-electron chi connectivity index (χ1n) is 9.30. The molecule has 142 valence electrons. The lowest BCUT2D eigenvalue weighted by Crippen LogP contribution is -2.22. The van der Waals surface area contributed by atoms with Gasteiger partial charge in [0.05, 0.1) is 22.7 Å². The maximum absolute atomic E-state index is 8.92. The van der Waals surface area contributed by atoms with Gasteiger partial charge in [-0.05, 0) is 60.6 Å². The van der Waals surface area contributed by atoms with Crippen LogP contribution in [0.15, 0.2) is 78.9 Å². The molecule has 4 rings (SSSR count). The summed E-state index contributed by atoms with van der Waals surface area (Å²) in [6.07, 6.45) is 0.895. The summed E-state index contributed by atoms with van der Waals surface area (Å²) in [6.45, 7) is 0.784. The lowest BCUT2D eigenvalue weighted by atomic mass is 10.1. The molecule has 0 unspecified atom stereocenters. The molecule has 0 saturated carbocycles. The SMILES string of the molecule is N#Cc1ccc(NC(=S)Nc2nc3ccccc3n2CCc2ccccc2)cc1. The van der Waals surface area contributed by atoms with Gasteiger partial charge in [0.1, 0.15) is 0 Å². The van der Waals surface area contributed by atoms with Gasteiger partial charge in [-0.3, -0.25) is 0 Å². The van der Waals surface area contributed by atoms with E-state index in [1.54, 1.807) is 12.1 Å². The monoisotopic (exact) mass is 397 g/mol. The fourth-order valence-electron chi connectivity index (χ4n) is 3.17. The van der Waals surface area contributed by atoms with Crippen molar-refractivity contribution in [3.8, 4) is 6.07 Å². The van der Waals surface area contributed by atoms with E-state index in [0.29, 0.717) is 16.6 Å². The summed E-state index contributed by atoms with van der Waals surface area (Å²) in [5, 5.41) is 15.7. The lowest BCUT2D eigenvalue weighted by Gasteiger charge is -2.13. The standard InChI is InChI=1S/C23H19N5S/c24-16-18-10-12-19(13-11-18)25-23(29)27-22-26-20-8-4-5-9-21(20)28(22)15-14-17-6-2-1-3-7-17/h1-13H,14-15H2,(H2,25,26,27,29). The summed E-state index contributed by atoms with van der Waals surface area (Å²) >= 11 is 5.48. The average Bonchev–Trinajstić information content (AvgIpc) is 3.10. The van der Waals surface area contributed by atoms with Gasteiger partial charge in [0.2, 0.25) is 5.95 Å². The summed E-state index contributed by atoms with van der Waals surface area (Å²) in [5.41, 5.74) is 4.68. The number of fused-ring (bicyclic) bond motifs is 1.